The second-order valence-corrected chi connectivity index (χ2v) is 2.88. The molecule has 17 heavy (non-hydrogen) atoms. The highest BCUT2D eigenvalue weighted by molar-refractivity contribution is 5.48. The third-order valence-electron chi connectivity index (χ3n) is 1.62. The van der Waals surface area contributed by atoms with Crippen molar-refractivity contribution in [2.75, 3.05) is 5.01 Å². The Morgan fingerprint density at radius 1 is 0.941 bits per heavy atom. The lowest BCUT2D eigenvalue weighted by Gasteiger charge is -2.21. The van der Waals surface area contributed by atoms with Crippen LogP contribution in [0.2, 0.25) is 0 Å². The maximum atomic E-state index is 12.1. The summed E-state index contributed by atoms with van der Waals surface area (Å²) in [5.41, 5.74) is -0.507. The smallest absolute Gasteiger partial charge is 0.406 e. The van der Waals surface area contributed by atoms with Crippen molar-refractivity contribution in [3.63, 3.8) is 0 Å². The van der Waals surface area contributed by atoms with Crippen molar-refractivity contribution in [3.8, 4) is 5.75 Å². The second kappa shape index (κ2) is 4.32. The van der Waals surface area contributed by atoms with E-state index in [4.69, 9.17) is 5.84 Å². The van der Waals surface area contributed by atoms with Gasteiger partial charge < -0.3 is 4.74 Å². The molecule has 0 aromatic heterocycles. The number of nitrogens with zero attached hydrogens (tertiary/aromatic N) is 1. The van der Waals surface area contributed by atoms with Crippen LogP contribution in [0.4, 0.5) is 32.0 Å². The van der Waals surface area contributed by atoms with E-state index in [1.165, 1.54) is 0 Å². The Labute approximate surface area is 91.3 Å². The molecule has 0 radical (unpaired) electrons. The molecule has 0 fully saturated rings. The molecule has 0 aliphatic rings. The summed E-state index contributed by atoms with van der Waals surface area (Å²) in [6.07, 6.45) is -9.71. The van der Waals surface area contributed by atoms with Gasteiger partial charge in [-0.05, 0) is 24.3 Å². The lowest BCUT2D eigenvalue weighted by molar-refractivity contribution is -0.274. The van der Waals surface area contributed by atoms with Crippen LogP contribution < -0.4 is 15.6 Å². The predicted molar refractivity (Wildman–Crippen MR) is 45.8 cm³/mol. The maximum Gasteiger partial charge on any atom is 0.573 e. The third kappa shape index (κ3) is 4.02. The highest BCUT2D eigenvalue weighted by Crippen LogP contribution is 2.28. The van der Waals surface area contributed by atoms with Crippen LogP contribution in [0.3, 0.4) is 0 Å². The number of hydrogen-bond donors (Lipinski definition) is 1. The molecule has 9 heteroatoms. The van der Waals surface area contributed by atoms with Crippen LogP contribution in [0.15, 0.2) is 24.3 Å². The van der Waals surface area contributed by atoms with Crippen molar-refractivity contribution in [2.45, 2.75) is 12.7 Å². The van der Waals surface area contributed by atoms with Crippen molar-refractivity contribution >= 4 is 5.69 Å². The van der Waals surface area contributed by atoms with Crippen LogP contribution >= 0.6 is 0 Å². The average Bonchev–Trinajstić information content (AvgIpc) is 2.14. The molecule has 1 rings (SSSR count). The number of hydrazine groups is 1. The molecule has 2 N–H and O–H groups in total. The minimum atomic E-state index is -4.89. The van der Waals surface area contributed by atoms with Gasteiger partial charge >= 0.3 is 12.7 Å². The molecule has 0 saturated heterocycles. The summed E-state index contributed by atoms with van der Waals surface area (Å²) in [6, 6.07) is 2.98. The van der Waals surface area contributed by atoms with Gasteiger partial charge in [0.25, 0.3) is 0 Å². The zero-order valence-corrected chi connectivity index (χ0v) is 8.01. The lowest BCUT2D eigenvalue weighted by atomic mass is 10.3. The number of ether oxygens (including phenoxy) is 1. The molecule has 0 spiro atoms. The van der Waals surface area contributed by atoms with Gasteiger partial charge in [-0.15, -0.1) is 26.3 Å². The Kier molecular flexibility index (Phi) is 3.41. The fraction of sp³-hybridized carbons (Fsp3) is 0.250. The maximum absolute atomic E-state index is 12.1. The van der Waals surface area contributed by atoms with Gasteiger partial charge in [-0.25, -0.2) is 10.9 Å². The lowest BCUT2D eigenvalue weighted by Crippen LogP contribution is -2.43. The normalized spacial score (nSPS) is 12.4. The number of anilines is 1. The van der Waals surface area contributed by atoms with E-state index in [2.05, 4.69) is 4.74 Å². The number of rotatable bonds is 2. The zero-order chi connectivity index (χ0) is 13.3. The quantitative estimate of drug-likeness (QED) is 0.384. The van der Waals surface area contributed by atoms with Crippen molar-refractivity contribution in [3.05, 3.63) is 24.3 Å². The predicted octanol–water partition coefficient (Wildman–Crippen LogP) is 2.79. The van der Waals surface area contributed by atoms with Gasteiger partial charge in [0.2, 0.25) is 0 Å². The molecular formula is C8H6F6N2O. The van der Waals surface area contributed by atoms with Crippen molar-refractivity contribution in [1.82, 2.24) is 0 Å². The van der Waals surface area contributed by atoms with Gasteiger partial charge in [0.05, 0.1) is 5.69 Å². The molecule has 0 bridgehead atoms. The topological polar surface area (TPSA) is 38.5 Å². The number of nitrogens with two attached hydrogens (primary N) is 1. The molecule has 1 aromatic carbocycles. The van der Waals surface area contributed by atoms with Crippen LogP contribution in [0, 0.1) is 0 Å². The van der Waals surface area contributed by atoms with E-state index >= 15 is 0 Å². The largest absolute Gasteiger partial charge is 0.573 e. The molecule has 0 amide bonds. The summed E-state index contributed by atoms with van der Waals surface area (Å²) in [5, 5.41) is -0.523. The number of alkyl halides is 6. The van der Waals surface area contributed by atoms with Crippen LogP contribution in [0.1, 0.15) is 0 Å². The molecule has 0 atom stereocenters. The summed E-state index contributed by atoms with van der Waals surface area (Å²) in [4.78, 5) is 0. The molecule has 96 valence electrons. The van der Waals surface area contributed by atoms with Gasteiger partial charge in [0.1, 0.15) is 5.75 Å². The fourth-order valence-corrected chi connectivity index (χ4v) is 0.955. The van der Waals surface area contributed by atoms with Crippen molar-refractivity contribution < 1.29 is 31.1 Å². The molecule has 0 heterocycles. The van der Waals surface area contributed by atoms with Gasteiger partial charge in [-0.1, -0.05) is 0 Å². The Balaban J connectivity index is 2.82. The van der Waals surface area contributed by atoms with E-state index in [1.807, 2.05) is 0 Å². The average molecular weight is 260 g/mol. The summed E-state index contributed by atoms with van der Waals surface area (Å²) < 4.78 is 75.0. The summed E-state index contributed by atoms with van der Waals surface area (Å²) in [5.74, 6) is 4.07. The highest BCUT2D eigenvalue weighted by atomic mass is 19.4. The van der Waals surface area contributed by atoms with Crippen LogP contribution in [-0.4, -0.2) is 12.7 Å². The molecule has 0 saturated carbocycles. The van der Waals surface area contributed by atoms with Crippen LogP contribution in [0.5, 0.6) is 5.75 Å². The molecule has 0 aliphatic heterocycles. The Morgan fingerprint density at radius 3 is 1.76 bits per heavy atom. The minimum absolute atomic E-state index is 0.507. The Morgan fingerprint density at radius 2 is 1.41 bits per heavy atom. The summed E-state index contributed by atoms with van der Waals surface area (Å²) in [7, 11) is 0. The van der Waals surface area contributed by atoms with Crippen molar-refractivity contribution in [1.29, 1.82) is 0 Å². The van der Waals surface area contributed by atoms with E-state index in [0.717, 1.165) is 24.3 Å². The molecule has 1 aromatic rings. The Hall–Kier alpha value is -1.64. The van der Waals surface area contributed by atoms with Crippen LogP contribution in [-0.2, 0) is 0 Å². The number of halogens is 6. The second-order valence-electron chi connectivity index (χ2n) is 2.88. The highest BCUT2D eigenvalue weighted by Gasteiger charge is 2.36. The first-order valence-electron chi connectivity index (χ1n) is 4.07. The Bertz CT molecular complexity index is 371. The van der Waals surface area contributed by atoms with E-state index in [-0.39, 0.29) is 0 Å². The van der Waals surface area contributed by atoms with Crippen molar-refractivity contribution in [2.24, 2.45) is 5.84 Å². The molecule has 0 unspecified atom stereocenters. The van der Waals surface area contributed by atoms with E-state index < -0.39 is 29.1 Å². The van der Waals surface area contributed by atoms with Gasteiger partial charge in [-0.2, -0.15) is 0 Å². The first-order chi connectivity index (χ1) is 7.59. The molecular weight excluding hydrogens is 254 g/mol. The number of hydrogen-bond acceptors (Lipinski definition) is 3. The summed E-state index contributed by atoms with van der Waals surface area (Å²) >= 11 is 0. The fourth-order valence-electron chi connectivity index (χ4n) is 0.955. The third-order valence-corrected chi connectivity index (χ3v) is 1.62. The first kappa shape index (κ1) is 13.4. The minimum Gasteiger partial charge on any atom is -0.406 e. The zero-order valence-electron chi connectivity index (χ0n) is 8.01. The molecule has 3 nitrogen and oxygen atoms in total. The molecule has 0 aliphatic carbocycles. The standard InChI is InChI=1S/C8H6F6N2O/c9-7(10,11)16(15)5-1-3-6(4-2-5)17-8(12,13)14/h1-4H,15H2. The summed E-state index contributed by atoms with van der Waals surface area (Å²) in [6.45, 7) is 0. The van der Waals surface area contributed by atoms with Gasteiger partial charge in [0.15, 0.2) is 0 Å². The van der Waals surface area contributed by atoms with Crippen LogP contribution in [0.25, 0.3) is 0 Å². The van der Waals surface area contributed by atoms with E-state index in [9.17, 15) is 26.3 Å². The first-order valence-corrected chi connectivity index (χ1v) is 4.07. The van der Waals surface area contributed by atoms with Gasteiger partial charge in [-0.3, -0.25) is 0 Å². The van der Waals surface area contributed by atoms with Gasteiger partial charge in [0, 0.05) is 0 Å². The SMILES string of the molecule is NN(c1ccc(OC(F)(F)F)cc1)C(F)(F)F. The van der Waals surface area contributed by atoms with E-state index in [0.29, 0.717) is 0 Å². The van der Waals surface area contributed by atoms with E-state index in [1.54, 1.807) is 0 Å². The monoisotopic (exact) mass is 260 g/mol. The number of benzene rings is 1.